The smallest absolute Gasteiger partial charge is 0.251 e. The number of hydrogen-bond donors (Lipinski definition) is 2. The molecule has 0 aromatic heterocycles. The molecule has 1 heterocycles. The molecule has 1 aromatic rings. The van der Waals surface area contributed by atoms with Crippen LogP contribution in [0.3, 0.4) is 0 Å². The first-order valence-electron chi connectivity index (χ1n) is 7.83. The third-order valence-corrected chi connectivity index (χ3v) is 5.68. The van der Waals surface area contributed by atoms with Crippen molar-refractivity contribution in [2.75, 3.05) is 39.1 Å². The van der Waals surface area contributed by atoms with Gasteiger partial charge in [0.25, 0.3) is 5.91 Å². The van der Waals surface area contributed by atoms with Crippen LogP contribution >= 0.6 is 12.4 Å². The van der Waals surface area contributed by atoms with E-state index >= 15 is 0 Å². The van der Waals surface area contributed by atoms with Crippen molar-refractivity contribution in [3.05, 3.63) is 29.8 Å². The van der Waals surface area contributed by atoms with Gasteiger partial charge in [-0.15, -0.1) is 12.4 Å². The maximum atomic E-state index is 12.1. The van der Waals surface area contributed by atoms with Gasteiger partial charge in [-0.2, -0.15) is 0 Å². The Labute approximate surface area is 149 Å². The summed E-state index contributed by atoms with van der Waals surface area (Å²) in [7, 11) is -1.90. The first-order valence-corrected chi connectivity index (χ1v) is 9.49. The minimum atomic E-state index is -3.36. The molecule has 2 rings (SSSR count). The summed E-state index contributed by atoms with van der Waals surface area (Å²) >= 11 is 0. The van der Waals surface area contributed by atoms with Crippen molar-refractivity contribution < 1.29 is 17.9 Å². The van der Waals surface area contributed by atoms with Crippen molar-refractivity contribution >= 4 is 28.2 Å². The van der Waals surface area contributed by atoms with Crippen molar-refractivity contribution in [3.63, 3.8) is 0 Å². The molecule has 6 nitrogen and oxygen atoms in total. The number of hydrogen-bond acceptors (Lipinski definition) is 5. The van der Waals surface area contributed by atoms with E-state index in [-0.39, 0.29) is 35.6 Å². The van der Waals surface area contributed by atoms with Gasteiger partial charge in [0, 0.05) is 19.2 Å². The van der Waals surface area contributed by atoms with Crippen LogP contribution in [0.1, 0.15) is 23.2 Å². The lowest BCUT2D eigenvalue weighted by molar-refractivity contribution is 0.0944. The third-order valence-electron chi connectivity index (χ3n) is 3.98. The molecule has 1 saturated heterocycles. The van der Waals surface area contributed by atoms with E-state index in [1.807, 2.05) is 0 Å². The molecule has 0 bridgehead atoms. The molecule has 1 amide bonds. The fraction of sp³-hybridized carbons (Fsp3) is 0.562. The van der Waals surface area contributed by atoms with Gasteiger partial charge in [-0.1, -0.05) is 0 Å². The molecular formula is C16H25ClN2O4S. The highest BCUT2D eigenvalue weighted by atomic mass is 35.5. The highest BCUT2D eigenvalue weighted by molar-refractivity contribution is 7.91. The van der Waals surface area contributed by atoms with E-state index in [0.29, 0.717) is 18.0 Å². The number of amides is 1. The van der Waals surface area contributed by atoms with Gasteiger partial charge in [-0.05, 0) is 56.1 Å². The summed E-state index contributed by atoms with van der Waals surface area (Å²) in [6.07, 6.45) is 2.25. The van der Waals surface area contributed by atoms with Crippen molar-refractivity contribution in [1.29, 1.82) is 0 Å². The molecule has 1 aromatic carbocycles. The van der Waals surface area contributed by atoms with Crippen LogP contribution in [0.5, 0.6) is 0 Å². The molecule has 1 atom stereocenters. The average Bonchev–Trinajstić information content (AvgIpc) is 2.59. The topological polar surface area (TPSA) is 84.5 Å². The lowest BCUT2D eigenvalue weighted by Crippen LogP contribution is -2.38. The van der Waals surface area contributed by atoms with E-state index < -0.39 is 9.84 Å². The summed E-state index contributed by atoms with van der Waals surface area (Å²) in [5.74, 6) is 0.224. The predicted molar refractivity (Wildman–Crippen MR) is 95.5 cm³/mol. The van der Waals surface area contributed by atoms with Gasteiger partial charge in [0.1, 0.15) is 0 Å². The highest BCUT2D eigenvalue weighted by Crippen LogP contribution is 2.13. The number of halogens is 1. The van der Waals surface area contributed by atoms with Crippen molar-refractivity contribution in [2.45, 2.75) is 17.7 Å². The van der Waals surface area contributed by atoms with Gasteiger partial charge in [-0.25, -0.2) is 8.42 Å². The fourth-order valence-electron chi connectivity index (χ4n) is 2.56. The largest absolute Gasteiger partial charge is 0.384 e. The summed E-state index contributed by atoms with van der Waals surface area (Å²) in [6, 6.07) is 6.05. The molecule has 1 unspecified atom stereocenters. The molecule has 136 valence electrons. The first-order chi connectivity index (χ1) is 11.0. The highest BCUT2D eigenvalue weighted by Gasteiger charge is 2.16. The standard InChI is InChI=1S/C16H24N2O4S.ClH/c1-22-9-10-23(20,21)15-6-4-14(5-7-15)16(19)18-12-13-3-2-8-17-11-13;/h4-7,13,17H,2-3,8-12H2,1H3,(H,18,19);1H. The monoisotopic (exact) mass is 376 g/mol. The summed E-state index contributed by atoms with van der Waals surface area (Å²) < 4.78 is 28.8. The number of methoxy groups -OCH3 is 1. The van der Waals surface area contributed by atoms with Crippen LogP contribution < -0.4 is 10.6 Å². The van der Waals surface area contributed by atoms with Crippen LogP contribution in [0, 0.1) is 5.92 Å². The van der Waals surface area contributed by atoms with Crippen LogP contribution in [0.15, 0.2) is 29.2 Å². The number of carbonyl (C=O) groups is 1. The SMILES string of the molecule is COCCS(=O)(=O)c1ccc(C(=O)NCC2CCCNC2)cc1.Cl. The van der Waals surface area contributed by atoms with Gasteiger partial charge in [0.05, 0.1) is 17.3 Å². The Morgan fingerprint density at radius 3 is 2.62 bits per heavy atom. The van der Waals surface area contributed by atoms with Crippen LogP contribution in [0.25, 0.3) is 0 Å². The maximum absolute atomic E-state index is 12.1. The Kier molecular flexibility index (Phi) is 8.69. The zero-order chi connectivity index (χ0) is 16.7. The number of ether oxygens (including phenoxy) is 1. The average molecular weight is 377 g/mol. The minimum absolute atomic E-state index is 0. The summed E-state index contributed by atoms with van der Waals surface area (Å²) in [5, 5.41) is 6.22. The molecule has 1 aliphatic heterocycles. The van der Waals surface area contributed by atoms with Gasteiger partial charge in [0.15, 0.2) is 9.84 Å². The van der Waals surface area contributed by atoms with Crippen LogP contribution in [0.4, 0.5) is 0 Å². The Morgan fingerprint density at radius 2 is 2.04 bits per heavy atom. The first kappa shape index (κ1) is 20.9. The molecule has 24 heavy (non-hydrogen) atoms. The van der Waals surface area contributed by atoms with E-state index in [4.69, 9.17) is 4.74 Å². The Balaban J connectivity index is 0.00000288. The molecule has 0 radical (unpaired) electrons. The zero-order valence-corrected chi connectivity index (χ0v) is 15.4. The Bertz CT molecular complexity index is 613. The summed E-state index contributed by atoms with van der Waals surface area (Å²) in [4.78, 5) is 12.3. The Morgan fingerprint density at radius 1 is 1.33 bits per heavy atom. The maximum Gasteiger partial charge on any atom is 0.251 e. The van der Waals surface area contributed by atoms with Crippen LogP contribution in [-0.2, 0) is 14.6 Å². The number of nitrogens with one attached hydrogen (secondary N) is 2. The Hall–Kier alpha value is -1.15. The molecule has 0 aliphatic carbocycles. The number of sulfone groups is 1. The number of piperidine rings is 1. The summed E-state index contributed by atoms with van der Waals surface area (Å²) in [6.45, 7) is 2.76. The second-order valence-electron chi connectivity index (χ2n) is 5.76. The second kappa shape index (κ2) is 9.98. The third kappa shape index (κ3) is 6.05. The van der Waals surface area contributed by atoms with E-state index in [1.54, 1.807) is 12.1 Å². The molecule has 0 saturated carbocycles. The molecular weight excluding hydrogens is 352 g/mol. The van der Waals surface area contributed by atoms with Gasteiger partial charge in [-0.3, -0.25) is 4.79 Å². The number of carbonyl (C=O) groups excluding carboxylic acids is 1. The fourth-order valence-corrected chi connectivity index (χ4v) is 3.73. The molecule has 8 heteroatoms. The second-order valence-corrected chi connectivity index (χ2v) is 7.87. The van der Waals surface area contributed by atoms with Gasteiger partial charge >= 0.3 is 0 Å². The number of rotatable bonds is 7. The van der Waals surface area contributed by atoms with Crippen molar-refractivity contribution in [2.24, 2.45) is 5.92 Å². The predicted octanol–water partition coefficient (Wildman–Crippen LogP) is 1.26. The summed E-state index contributed by atoms with van der Waals surface area (Å²) in [5.41, 5.74) is 0.472. The van der Waals surface area contributed by atoms with E-state index in [9.17, 15) is 13.2 Å². The van der Waals surface area contributed by atoms with E-state index in [2.05, 4.69) is 10.6 Å². The van der Waals surface area contributed by atoms with Crippen molar-refractivity contribution in [1.82, 2.24) is 10.6 Å². The van der Waals surface area contributed by atoms with Crippen LogP contribution in [-0.4, -0.2) is 53.4 Å². The molecule has 1 aliphatic rings. The zero-order valence-electron chi connectivity index (χ0n) is 13.8. The molecule has 0 spiro atoms. The normalized spacial score (nSPS) is 17.8. The molecule has 2 N–H and O–H groups in total. The minimum Gasteiger partial charge on any atom is -0.384 e. The quantitative estimate of drug-likeness (QED) is 0.748. The van der Waals surface area contributed by atoms with Gasteiger partial charge < -0.3 is 15.4 Å². The van der Waals surface area contributed by atoms with Gasteiger partial charge in [0.2, 0.25) is 0 Å². The lowest BCUT2D eigenvalue weighted by atomic mass is 10.00. The van der Waals surface area contributed by atoms with E-state index in [1.165, 1.54) is 19.2 Å². The van der Waals surface area contributed by atoms with E-state index in [0.717, 1.165) is 25.9 Å². The number of benzene rings is 1. The molecule has 1 fully saturated rings. The van der Waals surface area contributed by atoms with Crippen molar-refractivity contribution in [3.8, 4) is 0 Å². The van der Waals surface area contributed by atoms with Crippen LogP contribution in [0.2, 0.25) is 0 Å². The lowest BCUT2D eigenvalue weighted by Gasteiger charge is -2.22.